The van der Waals surface area contributed by atoms with E-state index in [0.717, 1.165) is 5.56 Å². The van der Waals surface area contributed by atoms with E-state index in [9.17, 15) is 19.6 Å². The molecular formula is C22H19FN2O3. The van der Waals surface area contributed by atoms with Crippen LogP contribution in [-0.2, 0) is 9.53 Å². The van der Waals surface area contributed by atoms with Crippen molar-refractivity contribution in [1.29, 1.82) is 5.26 Å². The zero-order chi connectivity index (χ0) is 20.1. The zero-order valence-corrected chi connectivity index (χ0v) is 15.3. The molecule has 1 amide bonds. The fraction of sp³-hybridized carbons (Fsp3) is 0.273. The van der Waals surface area contributed by atoms with Crippen molar-refractivity contribution in [1.82, 2.24) is 4.90 Å². The zero-order valence-electron chi connectivity index (χ0n) is 15.3. The quantitative estimate of drug-likeness (QED) is 0.827. The number of rotatable bonds is 4. The first-order chi connectivity index (χ1) is 13.6. The fourth-order valence-corrected chi connectivity index (χ4v) is 3.44. The van der Waals surface area contributed by atoms with Crippen molar-refractivity contribution in [3.8, 4) is 17.9 Å². The minimum atomic E-state index is -0.657. The number of benzene rings is 2. The summed E-state index contributed by atoms with van der Waals surface area (Å²) in [4.78, 5) is 13.5. The average Bonchev–Trinajstić information content (AvgIpc) is 2.68. The lowest BCUT2D eigenvalue weighted by atomic mass is 9.75. The number of amides is 1. The SMILES string of the molecule is COCC(=O)N1[C@H](CO)[C@H](c2ccc(C#Cc3ccccc3F)cc2)[C@@H]1C#N. The van der Waals surface area contributed by atoms with Crippen LogP contribution in [0.2, 0.25) is 0 Å². The molecule has 0 radical (unpaired) electrons. The molecule has 1 saturated heterocycles. The summed E-state index contributed by atoms with van der Waals surface area (Å²) in [6.07, 6.45) is 0. The second-order valence-electron chi connectivity index (χ2n) is 6.44. The number of likely N-dealkylation sites (tertiary alicyclic amines) is 1. The van der Waals surface area contributed by atoms with Crippen LogP contribution in [0.15, 0.2) is 48.5 Å². The summed E-state index contributed by atoms with van der Waals surface area (Å²) in [6, 6.07) is 14.5. The van der Waals surface area contributed by atoms with Gasteiger partial charge in [-0.05, 0) is 29.8 Å². The number of hydrogen-bond donors (Lipinski definition) is 1. The smallest absolute Gasteiger partial charge is 0.249 e. The van der Waals surface area contributed by atoms with Crippen LogP contribution in [-0.4, -0.2) is 48.3 Å². The van der Waals surface area contributed by atoms with E-state index in [0.29, 0.717) is 11.1 Å². The first-order valence-electron chi connectivity index (χ1n) is 8.77. The molecule has 0 unspecified atom stereocenters. The molecule has 0 spiro atoms. The van der Waals surface area contributed by atoms with Crippen molar-refractivity contribution < 1.29 is 19.0 Å². The van der Waals surface area contributed by atoms with Crippen molar-refractivity contribution in [3.05, 3.63) is 71.0 Å². The van der Waals surface area contributed by atoms with Crippen molar-refractivity contribution >= 4 is 5.91 Å². The molecule has 0 saturated carbocycles. The Labute approximate surface area is 163 Å². The number of halogens is 1. The van der Waals surface area contributed by atoms with Gasteiger partial charge in [-0.25, -0.2) is 4.39 Å². The van der Waals surface area contributed by atoms with E-state index in [1.54, 1.807) is 30.3 Å². The van der Waals surface area contributed by atoms with E-state index >= 15 is 0 Å². The Morgan fingerprint density at radius 2 is 1.93 bits per heavy atom. The minimum absolute atomic E-state index is 0.133. The van der Waals surface area contributed by atoms with Crippen LogP contribution < -0.4 is 0 Å². The molecule has 1 N–H and O–H groups in total. The minimum Gasteiger partial charge on any atom is -0.394 e. The largest absolute Gasteiger partial charge is 0.394 e. The maximum absolute atomic E-state index is 13.6. The molecule has 0 aromatic heterocycles. The number of hydrogen-bond acceptors (Lipinski definition) is 4. The summed E-state index contributed by atoms with van der Waals surface area (Å²) < 4.78 is 18.5. The van der Waals surface area contributed by atoms with Crippen molar-refractivity contribution in [2.75, 3.05) is 20.3 Å². The molecule has 5 nitrogen and oxygen atoms in total. The first-order valence-corrected chi connectivity index (χ1v) is 8.77. The lowest BCUT2D eigenvalue weighted by Gasteiger charge is -2.51. The first kappa shape index (κ1) is 19.6. The number of nitriles is 1. The molecule has 28 heavy (non-hydrogen) atoms. The van der Waals surface area contributed by atoms with Gasteiger partial charge in [0.2, 0.25) is 5.91 Å². The third-order valence-corrected chi connectivity index (χ3v) is 4.80. The molecule has 0 bridgehead atoms. The Morgan fingerprint density at radius 1 is 1.21 bits per heavy atom. The Bertz CT molecular complexity index is 956. The number of carbonyl (C=O) groups is 1. The molecule has 1 heterocycles. The summed E-state index contributed by atoms with van der Waals surface area (Å²) >= 11 is 0. The maximum atomic E-state index is 13.6. The summed E-state index contributed by atoms with van der Waals surface area (Å²) in [7, 11) is 1.41. The number of aliphatic hydroxyl groups excluding tert-OH is 1. The van der Waals surface area contributed by atoms with Crippen LogP contribution in [0.3, 0.4) is 0 Å². The van der Waals surface area contributed by atoms with Gasteiger partial charge >= 0.3 is 0 Å². The van der Waals surface area contributed by atoms with Gasteiger partial charge in [-0.15, -0.1) is 0 Å². The molecule has 0 aliphatic carbocycles. The van der Waals surface area contributed by atoms with Crippen LogP contribution in [0.25, 0.3) is 0 Å². The van der Waals surface area contributed by atoms with E-state index < -0.39 is 12.1 Å². The summed E-state index contributed by atoms with van der Waals surface area (Å²) in [5, 5.41) is 19.2. The van der Waals surface area contributed by atoms with E-state index in [-0.39, 0.29) is 30.9 Å². The van der Waals surface area contributed by atoms with Gasteiger partial charge in [0.1, 0.15) is 18.5 Å². The Hall–Kier alpha value is -3.19. The standard InChI is InChI=1S/C22H19FN2O3/c1-28-14-21(27)25-19(12-24)22(20(25)13-26)17-10-7-15(8-11-17)6-9-16-4-2-3-5-18(16)23/h2-5,7-8,10-11,19-20,22,26H,13-14H2,1H3/t19-,20+,22+/m0/s1. The highest BCUT2D eigenvalue weighted by molar-refractivity contribution is 5.80. The van der Waals surface area contributed by atoms with Gasteiger partial charge in [0, 0.05) is 18.6 Å². The third-order valence-electron chi connectivity index (χ3n) is 4.80. The van der Waals surface area contributed by atoms with Crippen LogP contribution in [0, 0.1) is 29.0 Å². The molecule has 1 fully saturated rings. The highest BCUT2D eigenvalue weighted by atomic mass is 19.1. The Balaban J connectivity index is 1.79. The molecule has 2 aromatic rings. The van der Waals surface area contributed by atoms with Gasteiger partial charge in [-0.2, -0.15) is 5.26 Å². The Morgan fingerprint density at radius 3 is 2.54 bits per heavy atom. The van der Waals surface area contributed by atoms with Crippen molar-refractivity contribution in [2.45, 2.75) is 18.0 Å². The molecule has 3 rings (SSSR count). The second-order valence-corrected chi connectivity index (χ2v) is 6.44. The number of nitrogens with zero attached hydrogens (tertiary/aromatic N) is 2. The maximum Gasteiger partial charge on any atom is 0.249 e. The molecule has 2 aromatic carbocycles. The van der Waals surface area contributed by atoms with Crippen LogP contribution in [0.4, 0.5) is 4.39 Å². The van der Waals surface area contributed by atoms with Gasteiger partial charge in [-0.1, -0.05) is 36.1 Å². The molecule has 1 aliphatic heterocycles. The predicted molar refractivity (Wildman–Crippen MR) is 101 cm³/mol. The van der Waals surface area contributed by atoms with Crippen LogP contribution in [0.1, 0.15) is 22.6 Å². The number of carbonyl (C=O) groups excluding carboxylic acids is 1. The molecule has 1 aliphatic rings. The molecule has 142 valence electrons. The van der Waals surface area contributed by atoms with Crippen LogP contribution in [0.5, 0.6) is 0 Å². The lowest BCUT2D eigenvalue weighted by Crippen LogP contribution is -2.65. The molecule has 6 heteroatoms. The van der Waals surface area contributed by atoms with E-state index in [2.05, 4.69) is 17.9 Å². The van der Waals surface area contributed by atoms with E-state index in [1.807, 2.05) is 12.1 Å². The predicted octanol–water partition coefficient (Wildman–Crippen LogP) is 2.05. The van der Waals surface area contributed by atoms with Crippen molar-refractivity contribution in [3.63, 3.8) is 0 Å². The van der Waals surface area contributed by atoms with Gasteiger partial charge in [0.05, 0.1) is 24.3 Å². The number of ether oxygens (including phenoxy) is 1. The van der Waals surface area contributed by atoms with E-state index in [1.165, 1.54) is 18.1 Å². The second kappa shape index (κ2) is 8.67. The van der Waals surface area contributed by atoms with Crippen molar-refractivity contribution in [2.24, 2.45) is 0 Å². The third kappa shape index (κ3) is 3.75. The summed E-state index contributed by atoms with van der Waals surface area (Å²) in [6.45, 7) is -0.376. The molecule has 3 atom stereocenters. The van der Waals surface area contributed by atoms with E-state index in [4.69, 9.17) is 4.74 Å². The lowest BCUT2D eigenvalue weighted by molar-refractivity contribution is -0.150. The fourth-order valence-electron chi connectivity index (χ4n) is 3.44. The van der Waals surface area contributed by atoms with Gasteiger partial charge in [0.15, 0.2) is 0 Å². The normalized spacial score (nSPS) is 20.5. The molecular weight excluding hydrogens is 359 g/mol. The van der Waals surface area contributed by atoms with Gasteiger partial charge in [-0.3, -0.25) is 4.79 Å². The Kier molecular flexibility index (Phi) is 6.06. The monoisotopic (exact) mass is 378 g/mol. The van der Waals surface area contributed by atoms with Gasteiger partial charge in [0.25, 0.3) is 0 Å². The van der Waals surface area contributed by atoms with Gasteiger partial charge < -0.3 is 14.7 Å². The topological polar surface area (TPSA) is 73.6 Å². The number of methoxy groups -OCH3 is 1. The number of aliphatic hydroxyl groups is 1. The summed E-state index contributed by atoms with van der Waals surface area (Å²) in [5.41, 5.74) is 1.86. The highest BCUT2D eigenvalue weighted by Gasteiger charge is 2.51. The van der Waals surface area contributed by atoms with Crippen LogP contribution >= 0.6 is 0 Å². The highest BCUT2D eigenvalue weighted by Crippen LogP contribution is 2.40. The average molecular weight is 378 g/mol. The summed E-state index contributed by atoms with van der Waals surface area (Å²) in [5.74, 6) is 4.73.